The fraction of sp³-hybridized carbons (Fsp3) is 0.522. The van der Waals surface area contributed by atoms with Crippen LogP contribution in [0.15, 0.2) is 34.6 Å². The van der Waals surface area contributed by atoms with Crippen molar-refractivity contribution in [3.63, 3.8) is 0 Å². The Morgan fingerprint density at radius 2 is 1.94 bits per heavy atom. The first-order chi connectivity index (χ1) is 15.2. The van der Waals surface area contributed by atoms with Gasteiger partial charge in [0.2, 0.25) is 5.75 Å². The third kappa shape index (κ3) is 6.51. The van der Waals surface area contributed by atoms with Crippen molar-refractivity contribution < 1.29 is 14.2 Å². The summed E-state index contributed by atoms with van der Waals surface area (Å²) in [6.07, 6.45) is 2.49. The minimum atomic E-state index is 0.598. The zero-order valence-electron chi connectivity index (χ0n) is 18.9. The van der Waals surface area contributed by atoms with Gasteiger partial charge < -0.3 is 24.8 Å². The Bertz CT molecular complexity index is 816. The molecule has 31 heavy (non-hydrogen) atoms. The van der Waals surface area contributed by atoms with Gasteiger partial charge in [-0.05, 0) is 54.4 Å². The van der Waals surface area contributed by atoms with Crippen LogP contribution in [0.1, 0.15) is 23.3 Å². The van der Waals surface area contributed by atoms with Crippen LogP contribution in [0.5, 0.6) is 17.2 Å². The second kappa shape index (κ2) is 11.8. The van der Waals surface area contributed by atoms with Gasteiger partial charge in [-0.15, -0.1) is 11.3 Å². The molecule has 0 saturated carbocycles. The highest BCUT2D eigenvalue weighted by Crippen LogP contribution is 2.38. The Hall–Kier alpha value is -2.45. The SMILES string of the molecule is CN=C(NCc1cc(OC)c(OC)c(OC)c1)NCC1CCCN(Cc2cccs2)C1. The van der Waals surface area contributed by atoms with Gasteiger partial charge in [0.1, 0.15) is 0 Å². The number of hydrogen-bond donors (Lipinski definition) is 2. The molecule has 1 aromatic heterocycles. The van der Waals surface area contributed by atoms with Crippen molar-refractivity contribution in [2.75, 3.05) is 48.0 Å². The number of hydrogen-bond acceptors (Lipinski definition) is 6. The fourth-order valence-corrected chi connectivity index (χ4v) is 4.72. The van der Waals surface area contributed by atoms with E-state index in [9.17, 15) is 0 Å². The molecule has 1 aromatic carbocycles. The second-order valence-electron chi connectivity index (χ2n) is 7.66. The first kappa shape index (κ1) is 23.2. The van der Waals surface area contributed by atoms with E-state index in [0.717, 1.165) is 31.2 Å². The molecular formula is C23H34N4O3S. The Morgan fingerprint density at radius 3 is 2.55 bits per heavy atom. The Morgan fingerprint density at radius 1 is 1.16 bits per heavy atom. The van der Waals surface area contributed by atoms with Crippen molar-refractivity contribution in [3.05, 3.63) is 40.1 Å². The van der Waals surface area contributed by atoms with Gasteiger partial charge in [0.15, 0.2) is 17.5 Å². The largest absolute Gasteiger partial charge is 0.493 e. The average Bonchev–Trinajstić information content (AvgIpc) is 3.31. The molecule has 0 aliphatic carbocycles. The predicted molar refractivity (Wildman–Crippen MR) is 127 cm³/mol. The normalized spacial score (nSPS) is 17.3. The van der Waals surface area contributed by atoms with Crippen molar-refractivity contribution in [2.45, 2.75) is 25.9 Å². The summed E-state index contributed by atoms with van der Waals surface area (Å²) < 4.78 is 16.3. The highest BCUT2D eigenvalue weighted by Gasteiger charge is 2.20. The van der Waals surface area contributed by atoms with Gasteiger partial charge in [0.25, 0.3) is 0 Å². The number of piperidine rings is 1. The van der Waals surface area contributed by atoms with E-state index in [4.69, 9.17) is 14.2 Å². The highest BCUT2D eigenvalue weighted by atomic mass is 32.1. The quantitative estimate of drug-likeness (QED) is 0.455. The van der Waals surface area contributed by atoms with Crippen molar-refractivity contribution >= 4 is 17.3 Å². The number of benzene rings is 1. The Balaban J connectivity index is 1.50. The molecule has 2 aromatic rings. The van der Waals surface area contributed by atoms with E-state index >= 15 is 0 Å². The monoisotopic (exact) mass is 446 g/mol. The van der Waals surface area contributed by atoms with Gasteiger partial charge in [0, 0.05) is 38.1 Å². The lowest BCUT2D eigenvalue weighted by Crippen LogP contribution is -2.44. The van der Waals surface area contributed by atoms with Crippen molar-refractivity contribution in [3.8, 4) is 17.2 Å². The molecule has 1 aliphatic heterocycles. The molecule has 0 radical (unpaired) electrons. The molecule has 1 unspecified atom stereocenters. The number of rotatable bonds is 9. The van der Waals surface area contributed by atoms with E-state index in [1.165, 1.54) is 24.3 Å². The molecule has 0 bridgehead atoms. The number of guanidine groups is 1. The van der Waals surface area contributed by atoms with Crippen LogP contribution >= 0.6 is 11.3 Å². The lowest BCUT2D eigenvalue weighted by Gasteiger charge is -2.32. The van der Waals surface area contributed by atoms with Gasteiger partial charge in [-0.1, -0.05) is 6.07 Å². The summed E-state index contributed by atoms with van der Waals surface area (Å²) in [5, 5.41) is 9.04. The van der Waals surface area contributed by atoms with Crippen LogP contribution in [0, 0.1) is 5.92 Å². The zero-order valence-corrected chi connectivity index (χ0v) is 19.8. The molecule has 2 N–H and O–H groups in total. The second-order valence-corrected chi connectivity index (χ2v) is 8.70. The van der Waals surface area contributed by atoms with Crippen LogP contribution in [0.4, 0.5) is 0 Å². The number of thiophene rings is 1. The third-order valence-electron chi connectivity index (χ3n) is 5.53. The maximum atomic E-state index is 5.44. The molecule has 1 atom stereocenters. The number of aliphatic imine (C=N–C) groups is 1. The molecule has 2 heterocycles. The summed E-state index contributed by atoms with van der Waals surface area (Å²) in [4.78, 5) is 8.39. The van der Waals surface area contributed by atoms with Crippen molar-refractivity contribution in [2.24, 2.45) is 10.9 Å². The van der Waals surface area contributed by atoms with Crippen LogP contribution < -0.4 is 24.8 Å². The predicted octanol–water partition coefficient (Wildman–Crippen LogP) is 3.35. The van der Waals surface area contributed by atoms with E-state index < -0.39 is 0 Å². The number of ether oxygens (including phenoxy) is 3. The average molecular weight is 447 g/mol. The fourth-order valence-electron chi connectivity index (χ4n) is 3.97. The summed E-state index contributed by atoms with van der Waals surface area (Å²) >= 11 is 1.84. The first-order valence-corrected chi connectivity index (χ1v) is 11.5. The van der Waals surface area contributed by atoms with Crippen molar-refractivity contribution in [1.29, 1.82) is 0 Å². The molecule has 0 spiro atoms. The third-order valence-corrected chi connectivity index (χ3v) is 6.39. The topological polar surface area (TPSA) is 67.4 Å². The summed E-state index contributed by atoms with van der Waals surface area (Å²) in [6, 6.07) is 8.25. The molecule has 7 nitrogen and oxygen atoms in total. The summed E-state index contributed by atoms with van der Waals surface area (Å²) in [6.45, 7) is 4.88. The summed E-state index contributed by atoms with van der Waals surface area (Å²) in [5.41, 5.74) is 1.03. The minimum absolute atomic E-state index is 0.598. The van der Waals surface area contributed by atoms with Gasteiger partial charge >= 0.3 is 0 Å². The molecular weight excluding hydrogens is 412 g/mol. The maximum absolute atomic E-state index is 5.44. The van der Waals surface area contributed by atoms with Crippen LogP contribution in [-0.4, -0.2) is 58.9 Å². The highest BCUT2D eigenvalue weighted by molar-refractivity contribution is 7.09. The molecule has 3 rings (SSSR count). The van der Waals surface area contributed by atoms with Gasteiger partial charge in [-0.2, -0.15) is 0 Å². The smallest absolute Gasteiger partial charge is 0.203 e. The lowest BCUT2D eigenvalue weighted by molar-refractivity contribution is 0.169. The van der Waals surface area contributed by atoms with Gasteiger partial charge in [0.05, 0.1) is 21.3 Å². The molecule has 0 amide bonds. The lowest BCUT2D eigenvalue weighted by atomic mass is 9.98. The van der Waals surface area contributed by atoms with E-state index in [1.54, 1.807) is 28.4 Å². The van der Waals surface area contributed by atoms with E-state index in [1.807, 2.05) is 23.5 Å². The zero-order chi connectivity index (χ0) is 22.1. The molecule has 1 saturated heterocycles. The number of nitrogens with one attached hydrogen (secondary N) is 2. The minimum Gasteiger partial charge on any atom is -0.493 e. The summed E-state index contributed by atoms with van der Waals surface area (Å²) in [7, 11) is 6.66. The van der Waals surface area contributed by atoms with Gasteiger partial charge in [-0.3, -0.25) is 9.89 Å². The molecule has 8 heteroatoms. The van der Waals surface area contributed by atoms with E-state index in [-0.39, 0.29) is 0 Å². The maximum Gasteiger partial charge on any atom is 0.203 e. The Labute approximate surface area is 189 Å². The molecule has 1 fully saturated rings. The van der Waals surface area contributed by atoms with Crippen LogP contribution in [-0.2, 0) is 13.1 Å². The van der Waals surface area contributed by atoms with Gasteiger partial charge in [-0.25, -0.2) is 0 Å². The van der Waals surface area contributed by atoms with E-state index in [2.05, 4.69) is 38.0 Å². The van der Waals surface area contributed by atoms with Crippen LogP contribution in [0.2, 0.25) is 0 Å². The van der Waals surface area contributed by atoms with Crippen molar-refractivity contribution in [1.82, 2.24) is 15.5 Å². The van der Waals surface area contributed by atoms with Crippen LogP contribution in [0.25, 0.3) is 0 Å². The number of likely N-dealkylation sites (tertiary alicyclic amines) is 1. The first-order valence-electron chi connectivity index (χ1n) is 10.6. The Kier molecular flexibility index (Phi) is 8.85. The van der Waals surface area contributed by atoms with E-state index in [0.29, 0.717) is 29.7 Å². The summed E-state index contributed by atoms with van der Waals surface area (Å²) in [5.74, 6) is 3.31. The molecule has 170 valence electrons. The molecule has 1 aliphatic rings. The number of methoxy groups -OCH3 is 3. The van der Waals surface area contributed by atoms with Crippen LogP contribution in [0.3, 0.4) is 0 Å². The number of nitrogens with zero attached hydrogens (tertiary/aromatic N) is 2. The standard InChI is InChI=1S/C23H34N4O3S/c1-24-23(26-14-18-11-20(28-2)22(30-4)21(12-18)29-3)25-13-17-7-5-9-27(15-17)16-19-8-6-10-31-19/h6,8,10-12,17H,5,7,9,13-16H2,1-4H3,(H2,24,25,26).